The van der Waals surface area contributed by atoms with Crippen molar-refractivity contribution in [2.24, 2.45) is 0 Å². The van der Waals surface area contributed by atoms with Crippen molar-refractivity contribution >= 4 is 17.2 Å². The minimum absolute atomic E-state index is 0.117. The van der Waals surface area contributed by atoms with E-state index >= 15 is 0 Å². The predicted octanol–water partition coefficient (Wildman–Crippen LogP) is 3.45. The number of rotatable bonds is 8. The zero-order valence-corrected chi connectivity index (χ0v) is 17.6. The third kappa shape index (κ3) is 5.66. The maximum absolute atomic E-state index is 12.5. The second kappa shape index (κ2) is 10.3. The lowest BCUT2D eigenvalue weighted by atomic mass is 10.2. The van der Waals surface area contributed by atoms with Crippen molar-refractivity contribution in [3.63, 3.8) is 0 Å². The van der Waals surface area contributed by atoms with Crippen LogP contribution in [0.1, 0.15) is 15.2 Å². The number of hydrogen-bond donors (Lipinski definition) is 1. The molecule has 2 heterocycles. The molecule has 0 bridgehead atoms. The van der Waals surface area contributed by atoms with E-state index in [1.54, 1.807) is 6.20 Å². The van der Waals surface area contributed by atoms with Crippen molar-refractivity contribution in [1.82, 2.24) is 15.2 Å². The summed E-state index contributed by atoms with van der Waals surface area (Å²) in [6.45, 7) is 5.47. The fourth-order valence-electron chi connectivity index (χ4n) is 3.23. The van der Waals surface area contributed by atoms with E-state index in [9.17, 15) is 4.79 Å². The number of amides is 1. The normalized spacial score (nSPS) is 14.4. The number of thiazole rings is 1. The van der Waals surface area contributed by atoms with Gasteiger partial charge in [0.2, 0.25) is 0 Å². The van der Waals surface area contributed by atoms with Crippen LogP contribution in [-0.4, -0.2) is 55.2 Å². The first-order valence-corrected chi connectivity index (χ1v) is 10.9. The van der Waals surface area contributed by atoms with Crippen LogP contribution in [-0.2, 0) is 11.3 Å². The van der Waals surface area contributed by atoms with Gasteiger partial charge >= 0.3 is 0 Å². The van der Waals surface area contributed by atoms with E-state index in [2.05, 4.69) is 15.2 Å². The predicted molar refractivity (Wildman–Crippen MR) is 118 cm³/mol. The van der Waals surface area contributed by atoms with Crippen LogP contribution in [0.15, 0.2) is 60.8 Å². The number of carbonyl (C=O) groups excluding carboxylic acids is 1. The van der Waals surface area contributed by atoms with Gasteiger partial charge < -0.3 is 14.8 Å². The largest absolute Gasteiger partial charge is 0.492 e. The van der Waals surface area contributed by atoms with E-state index in [-0.39, 0.29) is 5.91 Å². The van der Waals surface area contributed by atoms with Gasteiger partial charge in [-0.3, -0.25) is 9.69 Å². The van der Waals surface area contributed by atoms with Crippen molar-refractivity contribution in [3.05, 3.63) is 71.2 Å². The van der Waals surface area contributed by atoms with Gasteiger partial charge in [0.1, 0.15) is 22.2 Å². The molecule has 2 aromatic carbocycles. The molecule has 1 aromatic heterocycles. The topological polar surface area (TPSA) is 63.7 Å². The molecule has 1 aliphatic heterocycles. The van der Waals surface area contributed by atoms with Crippen molar-refractivity contribution in [3.8, 4) is 16.3 Å². The van der Waals surface area contributed by atoms with Crippen LogP contribution in [0.5, 0.6) is 5.75 Å². The molecule has 0 saturated carbocycles. The van der Waals surface area contributed by atoms with E-state index in [4.69, 9.17) is 9.47 Å². The summed E-state index contributed by atoms with van der Waals surface area (Å²) >= 11 is 1.40. The molecule has 0 atom stereocenters. The summed E-state index contributed by atoms with van der Waals surface area (Å²) in [5, 5.41) is 3.81. The van der Waals surface area contributed by atoms with Crippen LogP contribution < -0.4 is 10.1 Å². The van der Waals surface area contributed by atoms with E-state index in [0.717, 1.165) is 54.7 Å². The molecule has 1 amide bonds. The quantitative estimate of drug-likeness (QED) is 0.601. The third-order valence-corrected chi connectivity index (χ3v) is 5.93. The van der Waals surface area contributed by atoms with Crippen LogP contribution in [0.3, 0.4) is 0 Å². The molecule has 1 aliphatic rings. The number of benzene rings is 2. The summed E-state index contributed by atoms with van der Waals surface area (Å²) in [4.78, 5) is 19.8. The lowest BCUT2D eigenvalue weighted by Crippen LogP contribution is -2.38. The molecular weight excluding hydrogens is 398 g/mol. The zero-order valence-electron chi connectivity index (χ0n) is 16.8. The van der Waals surface area contributed by atoms with Crippen molar-refractivity contribution in [2.75, 3.05) is 39.5 Å². The van der Waals surface area contributed by atoms with Gasteiger partial charge in [-0.15, -0.1) is 11.3 Å². The fourth-order valence-corrected chi connectivity index (χ4v) is 4.06. The number of nitrogens with one attached hydrogen (secondary N) is 1. The Balaban J connectivity index is 1.27. The molecule has 0 aliphatic carbocycles. The van der Waals surface area contributed by atoms with Gasteiger partial charge in [0.25, 0.3) is 5.91 Å². The highest BCUT2D eigenvalue weighted by molar-refractivity contribution is 7.16. The van der Waals surface area contributed by atoms with Gasteiger partial charge in [-0.05, 0) is 17.7 Å². The second-order valence-electron chi connectivity index (χ2n) is 7.03. The number of carbonyl (C=O) groups is 1. The Morgan fingerprint density at radius 1 is 1.13 bits per heavy atom. The molecule has 1 N–H and O–H groups in total. The molecule has 1 fully saturated rings. The Morgan fingerprint density at radius 3 is 2.80 bits per heavy atom. The first-order chi connectivity index (χ1) is 14.8. The highest BCUT2D eigenvalue weighted by Crippen LogP contribution is 2.24. The molecule has 1 saturated heterocycles. The number of aromatic nitrogens is 1. The molecular formula is C23H25N3O3S. The minimum atomic E-state index is -0.117. The molecule has 7 heteroatoms. The van der Waals surface area contributed by atoms with Gasteiger partial charge in [-0.25, -0.2) is 4.98 Å². The van der Waals surface area contributed by atoms with E-state index < -0.39 is 0 Å². The molecule has 6 nitrogen and oxygen atoms in total. The summed E-state index contributed by atoms with van der Waals surface area (Å²) in [6.07, 6.45) is 1.63. The van der Waals surface area contributed by atoms with Gasteiger partial charge in [0.05, 0.1) is 19.4 Å². The second-order valence-corrected chi connectivity index (χ2v) is 8.06. The van der Waals surface area contributed by atoms with Crippen molar-refractivity contribution < 1.29 is 14.3 Å². The Kier molecular flexibility index (Phi) is 7.07. The third-order valence-electron chi connectivity index (χ3n) is 4.88. The van der Waals surface area contributed by atoms with Gasteiger partial charge in [-0.1, -0.05) is 42.5 Å². The number of ether oxygens (including phenoxy) is 2. The molecule has 0 spiro atoms. The maximum atomic E-state index is 12.5. The Morgan fingerprint density at radius 2 is 1.97 bits per heavy atom. The lowest BCUT2D eigenvalue weighted by Gasteiger charge is -2.26. The molecule has 30 heavy (non-hydrogen) atoms. The fraction of sp³-hybridized carbons (Fsp3) is 0.304. The van der Waals surface area contributed by atoms with Gasteiger partial charge in [-0.2, -0.15) is 0 Å². The first-order valence-electron chi connectivity index (χ1n) is 10.1. The van der Waals surface area contributed by atoms with Crippen LogP contribution >= 0.6 is 11.3 Å². The first kappa shape index (κ1) is 20.5. The Bertz CT molecular complexity index is 955. The monoisotopic (exact) mass is 423 g/mol. The van der Waals surface area contributed by atoms with Crippen LogP contribution in [0.25, 0.3) is 10.6 Å². The summed E-state index contributed by atoms with van der Waals surface area (Å²) in [5.41, 5.74) is 2.02. The highest BCUT2D eigenvalue weighted by atomic mass is 32.1. The number of hydrogen-bond acceptors (Lipinski definition) is 6. The van der Waals surface area contributed by atoms with Crippen molar-refractivity contribution in [2.45, 2.75) is 6.54 Å². The van der Waals surface area contributed by atoms with Crippen LogP contribution in [0, 0.1) is 0 Å². The van der Waals surface area contributed by atoms with Gasteiger partial charge in [0, 0.05) is 31.7 Å². The number of morpholine rings is 1. The zero-order chi connectivity index (χ0) is 20.6. The molecule has 0 radical (unpaired) electrons. The molecule has 0 unspecified atom stereocenters. The smallest absolute Gasteiger partial charge is 0.263 e. The average Bonchev–Trinajstić information content (AvgIpc) is 3.30. The number of nitrogens with zero attached hydrogens (tertiary/aromatic N) is 2. The van der Waals surface area contributed by atoms with Gasteiger partial charge in [0.15, 0.2) is 0 Å². The highest BCUT2D eigenvalue weighted by Gasteiger charge is 2.12. The SMILES string of the molecule is O=C(NCc1cccc(OCCN2CCOCC2)c1)c1cnc(-c2ccccc2)s1. The van der Waals surface area contributed by atoms with E-state index in [1.165, 1.54) is 11.3 Å². The van der Waals surface area contributed by atoms with E-state index in [1.807, 2.05) is 54.6 Å². The minimum Gasteiger partial charge on any atom is -0.492 e. The Hall–Kier alpha value is -2.74. The summed E-state index contributed by atoms with van der Waals surface area (Å²) < 4.78 is 11.3. The molecule has 4 rings (SSSR count). The van der Waals surface area contributed by atoms with E-state index in [0.29, 0.717) is 18.0 Å². The molecule has 156 valence electrons. The summed E-state index contributed by atoms with van der Waals surface area (Å²) in [5.74, 6) is 0.701. The molecule has 3 aromatic rings. The summed E-state index contributed by atoms with van der Waals surface area (Å²) in [7, 11) is 0. The Labute approximate surface area is 180 Å². The average molecular weight is 424 g/mol. The standard InChI is InChI=1S/C23H25N3O3S/c27-22(21-17-25-23(30-21)19-6-2-1-3-7-19)24-16-18-5-4-8-20(15-18)29-14-11-26-9-12-28-13-10-26/h1-8,15,17H,9-14,16H2,(H,24,27). The van der Waals surface area contributed by atoms with Crippen LogP contribution in [0.4, 0.5) is 0 Å². The lowest BCUT2D eigenvalue weighted by molar-refractivity contribution is 0.0322. The van der Waals surface area contributed by atoms with Crippen molar-refractivity contribution in [1.29, 1.82) is 0 Å². The van der Waals surface area contributed by atoms with Crippen LogP contribution in [0.2, 0.25) is 0 Å². The summed E-state index contributed by atoms with van der Waals surface area (Å²) in [6, 6.07) is 17.7. The maximum Gasteiger partial charge on any atom is 0.263 e.